The van der Waals surface area contributed by atoms with Crippen LogP contribution < -0.4 is 5.32 Å². The molecule has 2 heterocycles. The van der Waals surface area contributed by atoms with E-state index >= 15 is 0 Å². The first-order chi connectivity index (χ1) is 15.3. The van der Waals surface area contributed by atoms with Crippen LogP contribution in [-0.2, 0) is 14.8 Å². The Bertz CT molecular complexity index is 1170. The minimum Gasteiger partial charge on any atom is -0.344 e. The summed E-state index contributed by atoms with van der Waals surface area (Å²) < 4.78 is 28.1. The molecule has 0 saturated carbocycles. The van der Waals surface area contributed by atoms with Crippen LogP contribution in [0.5, 0.6) is 0 Å². The van der Waals surface area contributed by atoms with Gasteiger partial charge in [-0.3, -0.25) is 4.79 Å². The summed E-state index contributed by atoms with van der Waals surface area (Å²) in [5, 5.41) is 3.09. The number of aryl methyl sites for hydroxylation is 1. The molecule has 2 aromatic carbocycles. The number of nitrogens with one attached hydrogen (secondary N) is 2. The van der Waals surface area contributed by atoms with E-state index < -0.39 is 16.1 Å². The summed E-state index contributed by atoms with van der Waals surface area (Å²) in [5.74, 6) is 0.475. The fraction of sp³-hybridized carbons (Fsp3) is 0.417. The van der Waals surface area contributed by atoms with E-state index in [9.17, 15) is 13.2 Å². The number of piperidine rings is 1. The second-order valence-corrected chi connectivity index (χ2v) is 10.7. The third-order valence-electron chi connectivity index (χ3n) is 6.05. The van der Waals surface area contributed by atoms with Crippen molar-refractivity contribution in [3.63, 3.8) is 0 Å². The maximum atomic E-state index is 13.4. The lowest BCUT2D eigenvalue weighted by atomic mass is 10.0. The Labute approximate surface area is 189 Å². The normalized spacial score (nSPS) is 18.7. The van der Waals surface area contributed by atoms with Crippen molar-refractivity contribution in [3.05, 3.63) is 59.9 Å². The Hall–Kier alpha value is -2.71. The zero-order valence-corrected chi connectivity index (χ0v) is 19.5. The molecule has 7 nitrogen and oxygen atoms in total. The van der Waals surface area contributed by atoms with Crippen LogP contribution in [0.1, 0.15) is 50.5 Å². The number of para-hydroxylation sites is 2. The van der Waals surface area contributed by atoms with E-state index in [4.69, 9.17) is 0 Å². The molecular weight excluding hydrogens is 424 g/mol. The van der Waals surface area contributed by atoms with Crippen molar-refractivity contribution < 1.29 is 13.2 Å². The molecule has 0 aliphatic carbocycles. The smallest absolute Gasteiger partial charge is 0.243 e. The van der Waals surface area contributed by atoms with E-state index in [2.05, 4.69) is 15.3 Å². The van der Waals surface area contributed by atoms with Gasteiger partial charge in [0.15, 0.2) is 0 Å². The Morgan fingerprint density at radius 2 is 1.84 bits per heavy atom. The lowest BCUT2D eigenvalue weighted by Gasteiger charge is -2.35. The van der Waals surface area contributed by atoms with E-state index in [1.807, 2.05) is 45.0 Å². The number of aromatic nitrogens is 2. The van der Waals surface area contributed by atoms with Crippen molar-refractivity contribution >= 4 is 27.0 Å². The lowest BCUT2D eigenvalue weighted by Crippen LogP contribution is -2.52. The molecule has 1 aliphatic rings. The zero-order chi connectivity index (χ0) is 22.9. The molecule has 1 aliphatic heterocycles. The van der Waals surface area contributed by atoms with Crippen LogP contribution in [0.25, 0.3) is 11.0 Å². The average molecular weight is 455 g/mol. The number of aromatic amines is 1. The Kier molecular flexibility index (Phi) is 6.35. The summed E-state index contributed by atoms with van der Waals surface area (Å²) in [7, 11) is -3.77. The number of sulfonamides is 1. The van der Waals surface area contributed by atoms with Gasteiger partial charge in [-0.05, 0) is 49.9 Å². The molecule has 8 heteroatoms. The minimum absolute atomic E-state index is 0.0743. The van der Waals surface area contributed by atoms with Crippen LogP contribution in [-0.4, -0.2) is 41.2 Å². The summed E-state index contributed by atoms with van der Waals surface area (Å²) in [6, 6.07) is 13.4. The number of hydrogen-bond acceptors (Lipinski definition) is 4. The number of carbonyl (C=O) groups excluding carboxylic acids is 1. The van der Waals surface area contributed by atoms with E-state index in [0.717, 1.165) is 29.4 Å². The van der Waals surface area contributed by atoms with Crippen LogP contribution in [0.4, 0.5) is 0 Å². The number of H-pyrrole nitrogens is 1. The van der Waals surface area contributed by atoms with Gasteiger partial charge in [-0.2, -0.15) is 4.31 Å². The average Bonchev–Trinajstić information content (AvgIpc) is 3.21. The van der Waals surface area contributed by atoms with Gasteiger partial charge in [-0.15, -0.1) is 0 Å². The van der Waals surface area contributed by atoms with Crippen molar-refractivity contribution in [2.45, 2.75) is 57.0 Å². The molecule has 0 bridgehead atoms. The Morgan fingerprint density at radius 3 is 2.53 bits per heavy atom. The molecule has 0 radical (unpaired) electrons. The number of nitrogens with zero attached hydrogens (tertiary/aromatic N) is 2. The monoisotopic (exact) mass is 454 g/mol. The van der Waals surface area contributed by atoms with Gasteiger partial charge in [0.05, 0.1) is 22.0 Å². The molecule has 1 fully saturated rings. The highest BCUT2D eigenvalue weighted by molar-refractivity contribution is 7.89. The van der Waals surface area contributed by atoms with Gasteiger partial charge in [-0.1, -0.05) is 50.1 Å². The second-order valence-electron chi connectivity index (χ2n) is 8.81. The molecule has 0 spiro atoms. The van der Waals surface area contributed by atoms with Crippen LogP contribution in [0.3, 0.4) is 0 Å². The van der Waals surface area contributed by atoms with Crippen molar-refractivity contribution in [1.29, 1.82) is 0 Å². The number of imidazole rings is 1. The third-order valence-corrected chi connectivity index (χ3v) is 7.97. The standard InChI is InChI=1S/C24H30N4O3S/c1-16(2)22(23-25-19-8-4-5-9-20(19)26-23)27-24(29)21-10-6-7-15-28(21)32(30,31)18-13-11-17(3)12-14-18/h4-5,8-9,11-14,16,21-22H,6-7,10,15H2,1-3H3,(H,25,26)(H,27,29). The van der Waals surface area contributed by atoms with Gasteiger partial charge in [-0.25, -0.2) is 13.4 Å². The molecule has 1 amide bonds. The first-order valence-corrected chi connectivity index (χ1v) is 12.5. The van der Waals surface area contributed by atoms with Crippen molar-refractivity contribution in [2.24, 2.45) is 5.92 Å². The molecular formula is C24H30N4O3S. The molecule has 4 rings (SSSR count). The van der Waals surface area contributed by atoms with Gasteiger partial charge >= 0.3 is 0 Å². The molecule has 170 valence electrons. The van der Waals surface area contributed by atoms with Crippen LogP contribution in [0, 0.1) is 12.8 Å². The molecule has 2 N–H and O–H groups in total. The van der Waals surface area contributed by atoms with Gasteiger partial charge in [0.1, 0.15) is 11.9 Å². The van der Waals surface area contributed by atoms with Crippen LogP contribution >= 0.6 is 0 Å². The number of hydrogen-bond donors (Lipinski definition) is 2. The highest BCUT2D eigenvalue weighted by Crippen LogP contribution is 2.28. The van der Waals surface area contributed by atoms with Gasteiger partial charge in [0.25, 0.3) is 0 Å². The summed E-state index contributed by atoms with van der Waals surface area (Å²) in [5.41, 5.74) is 2.73. The molecule has 2 unspecified atom stereocenters. The quantitative estimate of drug-likeness (QED) is 0.590. The largest absolute Gasteiger partial charge is 0.344 e. The van der Waals surface area contributed by atoms with Crippen LogP contribution in [0.15, 0.2) is 53.4 Å². The molecule has 1 saturated heterocycles. The third kappa shape index (κ3) is 4.42. The van der Waals surface area contributed by atoms with Crippen molar-refractivity contribution in [1.82, 2.24) is 19.6 Å². The fourth-order valence-corrected chi connectivity index (χ4v) is 5.88. The van der Waals surface area contributed by atoms with Crippen molar-refractivity contribution in [2.75, 3.05) is 6.54 Å². The summed E-state index contributed by atoms with van der Waals surface area (Å²) in [6.45, 7) is 6.28. The van der Waals surface area contributed by atoms with E-state index in [1.165, 1.54) is 4.31 Å². The Morgan fingerprint density at radius 1 is 1.12 bits per heavy atom. The number of amides is 1. The second kappa shape index (κ2) is 9.03. The van der Waals surface area contributed by atoms with Crippen LogP contribution in [0.2, 0.25) is 0 Å². The first-order valence-electron chi connectivity index (χ1n) is 11.1. The lowest BCUT2D eigenvalue weighted by molar-refractivity contribution is -0.126. The topological polar surface area (TPSA) is 95.2 Å². The predicted octanol–water partition coefficient (Wildman–Crippen LogP) is 3.93. The number of fused-ring (bicyclic) bond motifs is 1. The van der Waals surface area contributed by atoms with E-state index in [0.29, 0.717) is 18.8 Å². The number of carbonyl (C=O) groups is 1. The summed E-state index contributed by atoms with van der Waals surface area (Å²) in [4.78, 5) is 21.6. The summed E-state index contributed by atoms with van der Waals surface area (Å²) >= 11 is 0. The number of benzene rings is 2. The highest BCUT2D eigenvalue weighted by Gasteiger charge is 2.38. The SMILES string of the molecule is Cc1ccc(S(=O)(=O)N2CCCCC2C(=O)NC(c2nc3ccccc3[nH]2)C(C)C)cc1. The number of rotatable bonds is 6. The van der Waals surface area contributed by atoms with Gasteiger partial charge < -0.3 is 10.3 Å². The van der Waals surface area contributed by atoms with Crippen molar-refractivity contribution in [3.8, 4) is 0 Å². The minimum atomic E-state index is -3.77. The zero-order valence-electron chi connectivity index (χ0n) is 18.7. The summed E-state index contributed by atoms with van der Waals surface area (Å²) in [6.07, 6.45) is 2.06. The maximum Gasteiger partial charge on any atom is 0.243 e. The molecule has 3 aromatic rings. The van der Waals surface area contributed by atoms with Gasteiger partial charge in [0, 0.05) is 6.54 Å². The molecule has 1 aromatic heterocycles. The first kappa shape index (κ1) is 22.5. The Balaban J connectivity index is 1.60. The predicted molar refractivity (Wildman–Crippen MR) is 125 cm³/mol. The molecule has 32 heavy (non-hydrogen) atoms. The fourth-order valence-electron chi connectivity index (χ4n) is 4.22. The maximum absolute atomic E-state index is 13.4. The van der Waals surface area contributed by atoms with Gasteiger partial charge in [0.2, 0.25) is 15.9 Å². The van der Waals surface area contributed by atoms with E-state index in [-0.39, 0.29) is 22.8 Å². The highest BCUT2D eigenvalue weighted by atomic mass is 32.2. The van der Waals surface area contributed by atoms with E-state index in [1.54, 1.807) is 24.3 Å². The molecule has 2 atom stereocenters.